The van der Waals surface area contributed by atoms with E-state index in [0.29, 0.717) is 11.6 Å². The Morgan fingerprint density at radius 2 is 1.53 bits per heavy atom. The van der Waals surface area contributed by atoms with Gasteiger partial charge >= 0.3 is 0 Å². The van der Waals surface area contributed by atoms with E-state index in [2.05, 4.69) is 156 Å². The predicted molar refractivity (Wildman–Crippen MR) is 250 cm³/mol. The Morgan fingerprint density at radius 1 is 0.700 bits per heavy atom. The van der Waals surface area contributed by atoms with Crippen molar-refractivity contribution < 1.29 is 8.83 Å². The normalized spacial score (nSPS) is 14.4. The average molecular weight is 779 g/mol. The van der Waals surface area contributed by atoms with E-state index in [1.807, 2.05) is 43.7 Å². The summed E-state index contributed by atoms with van der Waals surface area (Å²) in [5.74, 6) is 0.353. The zero-order chi connectivity index (χ0) is 40.3. The van der Waals surface area contributed by atoms with Crippen LogP contribution in [0.5, 0.6) is 0 Å². The van der Waals surface area contributed by atoms with Gasteiger partial charge in [-0.05, 0) is 128 Å². The van der Waals surface area contributed by atoms with Crippen LogP contribution in [0.25, 0.3) is 94.3 Å². The van der Waals surface area contributed by atoms with Crippen molar-refractivity contribution in [2.24, 2.45) is 0 Å². The molecular formula is C54H42N4O2. The highest BCUT2D eigenvalue weighted by Crippen LogP contribution is 2.40. The lowest BCUT2D eigenvalue weighted by Crippen LogP contribution is -1.99. The molecule has 0 radical (unpaired) electrons. The van der Waals surface area contributed by atoms with Crippen LogP contribution in [0.15, 0.2) is 179 Å². The van der Waals surface area contributed by atoms with Crippen molar-refractivity contribution in [1.29, 1.82) is 0 Å². The third kappa shape index (κ3) is 5.75. The van der Waals surface area contributed by atoms with Gasteiger partial charge in [-0.2, -0.15) is 0 Å². The Labute approximate surface area is 347 Å². The van der Waals surface area contributed by atoms with Gasteiger partial charge in [0.25, 0.3) is 0 Å². The molecule has 5 heterocycles. The van der Waals surface area contributed by atoms with Crippen molar-refractivity contribution in [2.75, 3.05) is 5.73 Å². The minimum absolute atomic E-state index is 0.353. The first-order valence-electron chi connectivity index (χ1n) is 20.6. The van der Waals surface area contributed by atoms with Gasteiger partial charge < -0.3 is 23.7 Å². The second kappa shape index (κ2) is 14.4. The second-order valence-corrected chi connectivity index (χ2v) is 15.7. The molecule has 60 heavy (non-hydrogen) atoms. The molecule has 0 aliphatic heterocycles. The molecule has 5 aromatic heterocycles. The molecule has 0 amide bonds. The maximum Gasteiger partial charge on any atom is 0.145 e. The number of furan rings is 1. The molecule has 5 aromatic carbocycles. The molecule has 0 fully saturated rings. The molecule has 10 aromatic rings. The summed E-state index contributed by atoms with van der Waals surface area (Å²) in [6, 6.07) is 45.0. The largest absolute Gasteiger partial charge is 0.463 e. The zero-order valence-electron chi connectivity index (χ0n) is 33.5. The third-order valence-electron chi connectivity index (χ3n) is 12.1. The summed E-state index contributed by atoms with van der Waals surface area (Å²) in [7, 11) is 0. The van der Waals surface area contributed by atoms with E-state index in [1.54, 1.807) is 0 Å². The van der Waals surface area contributed by atoms with E-state index < -0.39 is 0 Å². The van der Waals surface area contributed by atoms with Crippen LogP contribution in [0.2, 0.25) is 0 Å². The number of aryl methyl sites for hydroxylation is 1. The van der Waals surface area contributed by atoms with Gasteiger partial charge in [-0.25, -0.2) is 0 Å². The molecule has 11 rings (SSSR count). The summed E-state index contributed by atoms with van der Waals surface area (Å²) < 4.78 is 17.6. The smallest absolute Gasteiger partial charge is 0.145 e. The van der Waals surface area contributed by atoms with Crippen molar-refractivity contribution in [3.63, 3.8) is 0 Å². The van der Waals surface area contributed by atoms with Gasteiger partial charge in [0.2, 0.25) is 0 Å². The lowest BCUT2D eigenvalue weighted by Gasteiger charge is -2.14. The van der Waals surface area contributed by atoms with Crippen LogP contribution in [0, 0.1) is 6.92 Å². The minimum atomic E-state index is 0.353. The highest BCUT2D eigenvalue weighted by atomic mass is 16.3. The van der Waals surface area contributed by atoms with Crippen molar-refractivity contribution >= 4 is 77.5 Å². The number of hydrogen-bond donors (Lipinski definition) is 1. The number of nitrogens with two attached hydrogens (primary N) is 1. The molecule has 6 nitrogen and oxygen atoms in total. The molecule has 1 atom stereocenters. The molecule has 0 bridgehead atoms. The number of anilines is 1. The van der Waals surface area contributed by atoms with Crippen molar-refractivity contribution in [2.45, 2.75) is 32.6 Å². The number of hydrogen-bond acceptors (Lipinski definition) is 4. The summed E-state index contributed by atoms with van der Waals surface area (Å²) in [6.45, 7) is 4.16. The van der Waals surface area contributed by atoms with Crippen molar-refractivity contribution in [3.8, 4) is 22.5 Å². The van der Waals surface area contributed by atoms with Gasteiger partial charge in [-0.1, -0.05) is 85.0 Å². The van der Waals surface area contributed by atoms with E-state index in [4.69, 9.17) is 19.6 Å². The number of nitrogens with zero attached hydrogens (tertiary/aromatic N) is 3. The molecule has 1 aliphatic rings. The van der Waals surface area contributed by atoms with Crippen molar-refractivity contribution in [3.05, 3.63) is 187 Å². The summed E-state index contributed by atoms with van der Waals surface area (Å²) in [4.78, 5) is 4.99. The number of para-hydroxylation sites is 1. The standard InChI is InChI=1S/C54H42N4O2/c1-3-13-47-52(55)44-33-59-54-41(25-27-46-51(54)53-48(21-12-29-56-53)58(46)40-19-10-16-36(30-40)35-14-6-4-5-7-15-35)34(2)23-26-45(44)57(47)39-18-11-17-37(31-39)38-24-28-50-43(32-38)42-20-8-9-22-49(42)60-50/h3-6,8-14,16-33,35H,7,15,55H2,1-2H3/b13-3-,34-23?,44-33?,45-26?. The highest BCUT2D eigenvalue weighted by molar-refractivity contribution is 6.18. The maximum atomic E-state index is 7.14. The molecule has 2 N–H and O–H groups in total. The Bertz CT molecular complexity index is 3490. The molecule has 6 heteroatoms. The minimum Gasteiger partial charge on any atom is -0.463 e. The second-order valence-electron chi connectivity index (χ2n) is 15.7. The highest BCUT2D eigenvalue weighted by Gasteiger charge is 2.20. The van der Waals surface area contributed by atoms with Crippen LogP contribution in [0.4, 0.5) is 5.69 Å². The maximum absolute atomic E-state index is 7.14. The Balaban J connectivity index is 1.11. The Kier molecular flexibility index (Phi) is 8.52. The molecule has 1 unspecified atom stereocenters. The summed E-state index contributed by atoms with van der Waals surface area (Å²) in [6.07, 6.45) is 18.8. The first-order valence-corrected chi connectivity index (χ1v) is 20.6. The van der Waals surface area contributed by atoms with Crippen molar-refractivity contribution in [1.82, 2.24) is 14.1 Å². The first-order chi connectivity index (χ1) is 29.6. The number of rotatable bonds is 5. The number of allylic oxidation sites excluding steroid dienone is 5. The van der Waals surface area contributed by atoms with E-state index in [9.17, 15) is 0 Å². The summed E-state index contributed by atoms with van der Waals surface area (Å²) in [5, 5.41) is 4.97. The van der Waals surface area contributed by atoms with Crippen LogP contribution in [0.1, 0.15) is 42.5 Å². The monoisotopic (exact) mass is 778 g/mol. The summed E-state index contributed by atoms with van der Waals surface area (Å²) in [5.41, 5.74) is 21.7. The molecule has 0 saturated carbocycles. The number of nitrogen functional groups attached to an aromatic ring is 1. The van der Waals surface area contributed by atoms with Gasteiger partial charge in [0.15, 0.2) is 0 Å². The average Bonchev–Trinajstić information content (AvgIpc) is 3.82. The summed E-state index contributed by atoms with van der Waals surface area (Å²) >= 11 is 0. The van der Waals surface area contributed by atoms with Crippen LogP contribution in [0.3, 0.4) is 0 Å². The van der Waals surface area contributed by atoms with Crippen LogP contribution in [-0.2, 0) is 0 Å². The number of fused-ring (bicyclic) bond motifs is 9. The zero-order valence-corrected chi connectivity index (χ0v) is 33.5. The predicted octanol–water partition coefficient (Wildman–Crippen LogP) is 14.5. The van der Waals surface area contributed by atoms with Crippen LogP contribution in [-0.4, -0.2) is 14.1 Å². The Hall–Kier alpha value is -7.57. The van der Waals surface area contributed by atoms with Gasteiger partial charge in [0.1, 0.15) is 28.5 Å². The van der Waals surface area contributed by atoms with Gasteiger partial charge in [-0.3, -0.25) is 4.98 Å². The number of aromatic nitrogens is 3. The first kappa shape index (κ1) is 35.6. The SMILES string of the molecule is C/C=C\c1c(N)c2coc3c(ccc4c3c3ncccc3n4-c3cccc(C4C=CC=CCC4)c3)c(C)ccc2n1-c1cccc(-c2ccc3oc4ccccc4c3c2)c1. The fourth-order valence-corrected chi connectivity index (χ4v) is 9.19. The lowest BCUT2D eigenvalue weighted by molar-refractivity contribution is 0.616. The van der Waals surface area contributed by atoms with E-state index >= 15 is 0 Å². The fraction of sp³-hybridized carbons (Fsp3) is 0.0926. The topological polar surface area (TPSA) is 75.0 Å². The van der Waals surface area contributed by atoms with Gasteiger partial charge in [-0.15, -0.1) is 0 Å². The molecule has 0 spiro atoms. The van der Waals surface area contributed by atoms with Gasteiger partial charge in [0, 0.05) is 39.6 Å². The molecule has 0 saturated heterocycles. The van der Waals surface area contributed by atoms with Crippen LogP contribution >= 0.6 is 0 Å². The Morgan fingerprint density at radius 3 is 2.45 bits per heavy atom. The van der Waals surface area contributed by atoms with Crippen LogP contribution < -0.4 is 5.73 Å². The lowest BCUT2D eigenvalue weighted by atomic mass is 9.94. The van der Waals surface area contributed by atoms with E-state index in [-0.39, 0.29) is 0 Å². The number of pyridine rings is 1. The fourth-order valence-electron chi connectivity index (χ4n) is 9.19. The molecule has 290 valence electrons. The molecular weight excluding hydrogens is 737 g/mol. The van der Waals surface area contributed by atoms with E-state index in [1.165, 1.54) is 5.56 Å². The number of benzene rings is 5. The van der Waals surface area contributed by atoms with Gasteiger partial charge in [0.05, 0.1) is 38.7 Å². The molecule has 1 aliphatic carbocycles. The third-order valence-corrected chi connectivity index (χ3v) is 12.1. The quantitative estimate of drug-likeness (QED) is 0.189. The van der Waals surface area contributed by atoms with E-state index in [0.717, 1.165) is 112 Å².